The Morgan fingerprint density at radius 3 is 2.71 bits per heavy atom. The molecule has 0 aliphatic heterocycles. The Labute approximate surface area is 82.3 Å². The third-order valence-corrected chi connectivity index (χ3v) is 2.32. The molecule has 0 spiro atoms. The van der Waals surface area contributed by atoms with E-state index < -0.39 is 0 Å². The van der Waals surface area contributed by atoms with Crippen LogP contribution in [-0.2, 0) is 6.54 Å². The summed E-state index contributed by atoms with van der Waals surface area (Å²) in [7, 11) is 0. The summed E-state index contributed by atoms with van der Waals surface area (Å²) in [6, 6.07) is 8.67. The van der Waals surface area contributed by atoms with E-state index in [4.69, 9.17) is 5.73 Å². The van der Waals surface area contributed by atoms with Crippen molar-refractivity contribution in [3.8, 4) is 0 Å². The van der Waals surface area contributed by atoms with Crippen LogP contribution in [0.25, 0.3) is 10.8 Å². The quantitative estimate of drug-likeness (QED) is 0.731. The fourth-order valence-electron chi connectivity index (χ4n) is 1.61. The van der Waals surface area contributed by atoms with Crippen LogP contribution >= 0.6 is 0 Å². The highest BCUT2D eigenvalue weighted by molar-refractivity contribution is 5.87. The fourth-order valence-corrected chi connectivity index (χ4v) is 1.61. The third-order valence-electron chi connectivity index (χ3n) is 2.32. The number of halogens is 1. The molecule has 0 unspecified atom stereocenters. The van der Waals surface area contributed by atoms with E-state index in [-0.39, 0.29) is 5.82 Å². The molecule has 0 atom stereocenters. The first kappa shape index (κ1) is 9.16. The molecule has 2 heteroatoms. The van der Waals surface area contributed by atoms with Gasteiger partial charge in [-0.2, -0.15) is 0 Å². The number of benzene rings is 2. The van der Waals surface area contributed by atoms with Crippen molar-refractivity contribution >= 4 is 10.8 Å². The molecule has 2 N–H and O–H groups in total. The molecule has 2 aromatic carbocycles. The molecule has 0 saturated carbocycles. The lowest BCUT2D eigenvalue weighted by molar-refractivity contribution is 0.639. The number of fused-ring (bicyclic) bond motifs is 1. The van der Waals surface area contributed by atoms with E-state index in [0.717, 1.165) is 16.5 Å². The average molecular weight is 188 g/mol. The SMILES string of the molecule is [CH2]c1cc(CN)cc2c(F)cccc12. The van der Waals surface area contributed by atoms with E-state index in [0.29, 0.717) is 11.9 Å². The Morgan fingerprint density at radius 1 is 1.21 bits per heavy atom. The maximum absolute atomic E-state index is 13.4. The highest BCUT2D eigenvalue weighted by Gasteiger charge is 2.03. The predicted molar refractivity (Wildman–Crippen MR) is 56.3 cm³/mol. The highest BCUT2D eigenvalue weighted by atomic mass is 19.1. The van der Waals surface area contributed by atoms with Crippen molar-refractivity contribution in [3.05, 3.63) is 54.2 Å². The van der Waals surface area contributed by atoms with Gasteiger partial charge in [-0.05, 0) is 35.6 Å². The molecular weight excluding hydrogens is 177 g/mol. The van der Waals surface area contributed by atoms with Crippen molar-refractivity contribution in [1.29, 1.82) is 0 Å². The minimum absolute atomic E-state index is 0.220. The molecule has 0 amide bonds. The second-order valence-electron chi connectivity index (χ2n) is 3.29. The Hall–Kier alpha value is -1.41. The molecule has 0 heterocycles. The molecule has 0 saturated heterocycles. The summed E-state index contributed by atoms with van der Waals surface area (Å²) in [6.07, 6.45) is 0. The van der Waals surface area contributed by atoms with Gasteiger partial charge in [-0.1, -0.05) is 18.2 Å². The van der Waals surface area contributed by atoms with Crippen LogP contribution in [0.3, 0.4) is 0 Å². The fraction of sp³-hybridized carbons (Fsp3) is 0.0833. The summed E-state index contributed by atoms with van der Waals surface area (Å²) in [5.41, 5.74) is 7.24. The molecule has 0 aliphatic carbocycles. The lowest BCUT2D eigenvalue weighted by atomic mass is 10.0. The Kier molecular flexibility index (Phi) is 2.22. The summed E-state index contributed by atoms with van der Waals surface area (Å²) in [5.74, 6) is -0.220. The molecule has 1 radical (unpaired) electrons. The van der Waals surface area contributed by atoms with Crippen LogP contribution in [0.1, 0.15) is 11.1 Å². The molecule has 2 aromatic rings. The molecular formula is C12H11FN. The van der Waals surface area contributed by atoms with Crippen LogP contribution in [0.15, 0.2) is 30.3 Å². The van der Waals surface area contributed by atoms with Gasteiger partial charge in [0.1, 0.15) is 5.82 Å². The molecule has 14 heavy (non-hydrogen) atoms. The molecule has 0 aromatic heterocycles. The van der Waals surface area contributed by atoms with Crippen LogP contribution in [0.5, 0.6) is 0 Å². The Morgan fingerprint density at radius 2 is 2.00 bits per heavy atom. The zero-order valence-electron chi connectivity index (χ0n) is 7.76. The van der Waals surface area contributed by atoms with Gasteiger partial charge in [0.2, 0.25) is 0 Å². The maximum Gasteiger partial charge on any atom is 0.131 e. The van der Waals surface area contributed by atoms with Gasteiger partial charge in [0.15, 0.2) is 0 Å². The van der Waals surface area contributed by atoms with E-state index >= 15 is 0 Å². The lowest BCUT2D eigenvalue weighted by Gasteiger charge is -2.05. The maximum atomic E-state index is 13.4. The number of hydrogen-bond acceptors (Lipinski definition) is 1. The van der Waals surface area contributed by atoms with Crippen molar-refractivity contribution < 1.29 is 4.39 Å². The molecule has 1 nitrogen and oxygen atoms in total. The summed E-state index contributed by atoms with van der Waals surface area (Å²) in [6.45, 7) is 4.29. The molecule has 0 aliphatic rings. The van der Waals surface area contributed by atoms with Gasteiger partial charge in [0.05, 0.1) is 0 Å². The second kappa shape index (κ2) is 3.39. The standard InChI is InChI=1S/C12H11FN/c1-8-5-9(7-14)6-11-10(8)3-2-4-12(11)13/h2-6H,1,7,14H2. The number of hydrogen-bond donors (Lipinski definition) is 1. The van der Waals surface area contributed by atoms with Crippen molar-refractivity contribution in [3.63, 3.8) is 0 Å². The molecule has 0 bridgehead atoms. The first-order valence-electron chi connectivity index (χ1n) is 4.45. The first-order chi connectivity index (χ1) is 6.72. The highest BCUT2D eigenvalue weighted by Crippen LogP contribution is 2.22. The monoisotopic (exact) mass is 188 g/mol. The van der Waals surface area contributed by atoms with Gasteiger partial charge in [0, 0.05) is 11.9 Å². The normalized spacial score (nSPS) is 10.8. The van der Waals surface area contributed by atoms with Crippen LogP contribution in [0, 0.1) is 12.7 Å². The van der Waals surface area contributed by atoms with Crippen LogP contribution in [0.4, 0.5) is 4.39 Å². The minimum atomic E-state index is -0.220. The van der Waals surface area contributed by atoms with E-state index in [1.807, 2.05) is 12.1 Å². The summed E-state index contributed by atoms with van der Waals surface area (Å²) in [5, 5.41) is 1.45. The van der Waals surface area contributed by atoms with E-state index in [9.17, 15) is 4.39 Å². The summed E-state index contributed by atoms with van der Waals surface area (Å²) >= 11 is 0. The number of nitrogens with two attached hydrogens (primary N) is 1. The van der Waals surface area contributed by atoms with Gasteiger partial charge >= 0.3 is 0 Å². The van der Waals surface area contributed by atoms with Gasteiger partial charge in [-0.15, -0.1) is 0 Å². The van der Waals surface area contributed by atoms with E-state index in [1.54, 1.807) is 12.1 Å². The Balaban J connectivity index is 2.83. The van der Waals surface area contributed by atoms with Gasteiger partial charge < -0.3 is 5.73 Å². The van der Waals surface area contributed by atoms with E-state index in [1.165, 1.54) is 6.07 Å². The predicted octanol–water partition coefficient (Wildman–Crippen LogP) is 2.62. The minimum Gasteiger partial charge on any atom is -0.326 e. The largest absolute Gasteiger partial charge is 0.326 e. The van der Waals surface area contributed by atoms with Crippen LogP contribution in [-0.4, -0.2) is 0 Å². The third kappa shape index (κ3) is 1.38. The number of rotatable bonds is 1. The zero-order chi connectivity index (χ0) is 10.1. The lowest BCUT2D eigenvalue weighted by Crippen LogP contribution is -1.97. The van der Waals surface area contributed by atoms with Gasteiger partial charge in [0.25, 0.3) is 0 Å². The average Bonchev–Trinajstić information content (AvgIpc) is 2.19. The van der Waals surface area contributed by atoms with Gasteiger partial charge in [-0.25, -0.2) is 4.39 Å². The molecule has 0 fully saturated rings. The molecule has 2 rings (SSSR count). The van der Waals surface area contributed by atoms with Crippen molar-refractivity contribution in [2.24, 2.45) is 5.73 Å². The van der Waals surface area contributed by atoms with Crippen LogP contribution < -0.4 is 5.73 Å². The van der Waals surface area contributed by atoms with Crippen molar-refractivity contribution in [1.82, 2.24) is 0 Å². The smallest absolute Gasteiger partial charge is 0.131 e. The van der Waals surface area contributed by atoms with Gasteiger partial charge in [-0.3, -0.25) is 0 Å². The topological polar surface area (TPSA) is 26.0 Å². The first-order valence-corrected chi connectivity index (χ1v) is 4.45. The van der Waals surface area contributed by atoms with E-state index in [2.05, 4.69) is 6.92 Å². The molecule has 71 valence electrons. The second-order valence-corrected chi connectivity index (χ2v) is 3.29. The van der Waals surface area contributed by atoms with Crippen molar-refractivity contribution in [2.75, 3.05) is 0 Å². The summed E-state index contributed by atoms with van der Waals surface area (Å²) in [4.78, 5) is 0. The van der Waals surface area contributed by atoms with Crippen LogP contribution in [0.2, 0.25) is 0 Å². The summed E-state index contributed by atoms with van der Waals surface area (Å²) < 4.78 is 13.4. The van der Waals surface area contributed by atoms with Crippen molar-refractivity contribution in [2.45, 2.75) is 6.54 Å². The Bertz CT molecular complexity index is 477. The zero-order valence-corrected chi connectivity index (χ0v) is 7.76.